The number of benzene rings is 1. The van der Waals surface area contributed by atoms with E-state index < -0.39 is 0 Å². The van der Waals surface area contributed by atoms with Crippen LogP contribution in [-0.4, -0.2) is 28.7 Å². The molecule has 0 N–H and O–H groups in total. The highest BCUT2D eigenvalue weighted by Gasteiger charge is 2.26. The molecule has 0 aliphatic heterocycles. The van der Waals surface area contributed by atoms with Gasteiger partial charge in [0.1, 0.15) is 0 Å². The van der Waals surface area contributed by atoms with Gasteiger partial charge in [-0.1, -0.05) is 35.0 Å². The topological polar surface area (TPSA) is 20.3 Å². The molecule has 0 heterocycles. The molecular weight excluding hydrogens is 278 g/mol. The summed E-state index contributed by atoms with van der Waals surface area (Å²) in [6.45, 7) is 6.19. The van der Waals surface area contributed by atoms with E-state index in [9.17, 15) is 4.79 Å². The van der Waals surface area contributed by atoms with Crippen LogP contribution in [-0.2, 0) is 6.42 Å². The summed E-state index contributed by atoms with van der Waals surface area (Å²) in [5, 5.41) is 0.759. The maximum absolute atomic E-state index is 12.3. The van der Waals surface area contributed by atoms with Crippen molar-refractivity contribution in [2.75, 3.05) is 12.4 Å². The second-order valence-corrected chi connectivity index (χ2v) is 5.42. The number of halogens is 1. The van der Waals surface area contributed by atoms with Crippen LogP contribution in [0.4, 0.5) is 0 Å². The van der Waals surface area contributed by atoms with Gasteiger partial charge in [-0.15, -0.1) is 0 Å². The first-order valence-corrected chi connectivity index (χ1v) is 6.97. The molecule has 0 aliphatic carbocycles. The number of hydrogen-bond donors (Lipinski definition) is 0. The van der Waals surface area contributed by atoms with Crippen molar-refractivity contribution >= 4 is 21.8 Å². The molecule has 2 nitrogen and oxygen atoms in total. The van der Waals surface area contributed by atoms with Crippen molar-refractivity contribution in [3.63, 3.8) is 0 Å². The van der Waals surface area contributed by atoms with Crippen LogP contribution in [0.3, 0.4) is 0 Å². The van der Waals surface area contributed by atoms with Crippen LogP contribution in [0.15, 0.2) is 24.3 Å². The van der Waals surface area contributed by atoms with Gasteiger partial charge < -0.3 is 4.90 Å². The summed E-state index contributed by atoms with van der Waals surface area (Å²) in [5.41, 5.74) is 1.82. The van der Waals surface area contributed by atoms with Gasteiger partial charge in [0.2, 0.25) is 0 Å². The van der Waals surface area contributed by atoms with Crippen LogP contribution in [0.1, 0.15) is 36.7 Å². The van der Waals surface area contributed by atoms with Gasteiger partial charge in [0.25, 0.3) is 5.91 Å². The average molecular weight is 298 g/mol. The van der Waals surface area contributed by atoms with Gasteiger partial charge in [-0.05, 0) is 38.0 Å². The highest BCUT2D eigenvalue weighted by molar-refractivity contribution is 9.09. The van der Waals surface area contributed by atoms with Crippen molar-refractivity contribution in [2.24, 2.45) is 0 Å². The number of aryl methyl sites for hydroxylation is 1. The molecule has 1 rings (SSSR count). The third kappa shape index (κ3) is 3.32. The molecule has 3 heteroatoms. The van der Waals surface area contributed by atoms with Gasteiger partial charge >= 0.3 is 0 Å². The number of rotatable bonds is 4. The van der Waals surface area contributed by atoms with Gasteiger partial charge in [0, 0.05) is 23.5 Å². The van der Waals surface area contributed by atoms with E-state index in [-0.39, 0.29) is 11.4 Å². The van der Waals surface area contributed by atoms with E-state index in [1.54, 1.807) is 4.90 Å². The molecular formula is C14H20BrNO. The fourth-order valence-electron chi connectivity index (χ4n) is 1.44. The van der Waals surface area contributed by atoms with Gasteiger partial charge in [-0.2, -0.15) is 0 Å². The third-order valence-electron chi connectivity index (χ3n) is 3.15. The van der Waals surface area contributed by atoms with Crippen molar-refractivity contribution in [3.8, 4) is 0 Å². The summed E-state index contributed by atoms with van der Waals surface area (Å²) in [5.74, 6) is 0.0668. The number of nitrogens with zero attached hydrogens (tertiary/aromatic N) is 1. The first-order valence-electron chi connectivity index (χ1n) is 5.85. The molecule has 0 bridgehead atoms. The number of amides is 1. The molecule has 0 fully saturated rings. The molecule has 0 saturated heterocycles. The SMILES string of the molecule is CCc1ccc(C(=O)N(C)C(C)(C)CBr)cc1. The Morgan fingerprint density at radius 2 is 1.82 bits per heavy atom. The lowest BCUT2D eigenvalue weighted by atomic mass is 10.0. The van der Waals surface area contributed by atoms with Crippen LogP contribution >= 0.6 is 15.9 Å². The Morgan fingerprint density at radius 1 is 1.29 bits per heavy atom. The lowest BCUT2D eigenvalue weighted by molar-refractivity contribution is 0.0663. The summed E-state index contributed by atoms with van der Waals surface area (Å²) >= 11 is 3.44. The summed E-state index contributed by atoms with van der Waals surface area (Å²) in [6.07, 6.45) is 0.997. The lowest BCUT2D eigenvalue weighted by Crippen LogP contribution is -2.46. The van der Waals surface area contributed by atoms with Crippen molar-refractivity contribution in [1.29, 1.82) is 0 Å². The zero-order valence-corrected chi connectivity index (χ0v) is 12.5. The zero-order chi connectivity index (χ0) is 13.1. The summed E-state index contributed by atoms with van der Waals surface area (Å²) in [6, 6.07) is 7.84. The van der Waals surface area contributed by atoms with Crippen LogP contribution in [0.2, 0.25) is 0 Å². The molecule has 17 heavy (non-hydrogen) atoms. The van der Waals surface area contributed by atoms with Gasteiger partial charge in [0.15, 0.2) is 0 Å². The highest BCUT2D eigenvalue weighted by atomic mass is 79.9. The molecule has 0 atom stereocenters. The first kappa shape index (κ1) is 14.2. The fourth-order valence-corrected chi connectivity index (χ4v) is 1.82. The average Bonchev–Trinajstić information content (AvgIpc) is 2.37. The number of carbonyl (C=O) groups excluding carboxylic acids is 1. The molecule has 0 spiro atoms. The van der Waals surface area contributed by atoms with E-state index >= 15 is 0 Å². The molecule has 0 aromatic heterocycles. The predicted octanol–water partition coefficient (Wildman–Crippen LogP) is 3.49. The molecule has 1 aromatic carbocycles. The number of carbonyl (C=O) groups is 1. The van der Waals surface area contributed by atoms with Crippen molar-refractivity contribution < 1.29 is 4.79 Å². The van der Waals surface area contributed by atoms with Crippen molar-refractivity contribution in [3.05, 3.63) is 35.4 Å². The Balaban J connectivity index is 2.89. The zero-order valence-electron chi connectivity index (χ0n) is 11.0. The van der Waals surface area contributed by atoms with Crippen LogP contribution in [0.5, 0.6) is 0 Å². The summed E-state index contributed by atoms with van der Waals surface area (Å²) in [7, 11) is 1.84. The van der Waals surface area contributed by atoms with Gasteiger partial charge in [-0.25, -0.2) is 0 Å². The van der Waals surface area contributed by atoms with Gasteiger partial charge in [0.05, 0.1) is 0 Å². The molecule has 0 unspecified atom stereocenters. The maximum Gasteiger partial charge on any atom is 0.254 e. The smallest absolute Gasteiger partial charge is 0.254 e. The fraction of sp³-hybridized carbons (Fsp3) is 0.500. The van der Waals surface area contributed by atoms with Gasteiger partial charge in [-0.3, -0.25) is 4.79 Å². The maximum atomic E-state index is 12.3. The van der Waals surface area contributed by atoms with E-state index in [1.165, 1.54) is 5.56 Å². The normalized spacial score (nSPS) is 11.4. The van der Waals surface area contributed by atoms with Crippen molar-refractivity contribution in [1.82, 2.24) is 4.90 Å². The third-order valence-corrected chi connectivity index (χ3v) is 4.52. The minimum atomic E-state index is -0.180. The second kappa shape index (κ2) is 5.67. The highest BCUT2D eigenvalue weighted by Crippen LogP contribution is 2.18. The summed E-state index contributed by atoms with van der Waals surface area (Å²) in [4.78, 5) is 14.0. The Bertz CT molecular complexity index is 384. The lowest BCUT2D eigenvalue weighted by Gasteiger charge is -2.34. The van der Waals surface area contributed by atoms with E-state index in [4.69, 9.17) is 0 Å². The van der Waals surface area contributed by atoms with Crippen LogP contribution in [0.25, 0.3) is 0 Å². The largest absolute Gasteiger partial charge is 0.336 e. The number of hydrogen-bond acceptors (Lipinski definition) is 1. The Kier molecular flexibility index (Phi) is 4.75. The Morgan fingerprint density at radius 3 is 2.24 bits per heavy atom. The van der Waals surface area contributed by atoms with Crippen LogP contribution < -0.4 is 0 Å². The first-order chi connectivity index (χ1) is 7.92. The molecule has 0 saturated carbocycles. The number of alkyl halides is 1. The van der Waals surface area contributed by atoms with E-state index in [0.717, 1.165) is 17.3 Å². The Labute approximate surface area is 112 Å². The van der Waals surface area contributed by atoms with Crippen molar-refractivity contribution in [2.45, 2.75) is 32.7 Å². The van der Waals surface area contributed by atoms with E-state index in [1.807, 2.05) is 45.2 Å². The molecule has 0 aliphatic rings. The molecule has 1 aromatic rings. The minimum absolute atomic E-state index is 0.0668. The molecule has 1 amide bonds. The van der Waals surface area contributed by atoms with E-state index in [2.05, 4.69) is 22.9 Å². The quantitative estimate of drug-likeness (QED) is 0.779. The Hall–Kier alpha value is -0.830. The summed E-state index contributed by atoms with van der Waals surface area (Å²) < 4.78 is 0. The standard InChI is InChI=1S/C14H20BrNO/c1-5-11-6-8-12(9-7-11)13(17)16(4)14(2,3)10-15/h6-9H,5,10H2,1-4H3. The predicted molar refractivity (Wildman–Crippen MR) is 75.8 cm³/mol. The molecule has 0 radical (unpaired) electrons. The monoisotopic (exact) mass is 297 g/mol. The molecule has 94 valence electrons. The second-order valence-electron chi connectivity index (χ2n) is 4.86. The van der Waals surface area contributed by atoms with E-state index in [0.29, 0.717) is 0 Å². The van der Waals surface area contributed by atoms with Crippen LogP contribution in [0, 0.1) is 0 Å². The minimum Gasteiger partial charge on any atom is -0.336 e.